The largest absolute Gasteiger partial charge is 0.480 e. The smallest absolute Gasteiger partial charge is 0.326 e. The minimum atomic E-state index is -1.66. The molecule has 0 radical (unpaired) electrons. The molecule has 1 atom stereocenters. The Hall–Kier alpha value is -6.58. The van der Waals surface area contributed by atoms with Crippen molar-refractivity contribution in [1.82, 2.24) is 35.9 Å². The van der Waals surface area contributed by atoms with Gasteiger partial charge in [-0.05, 0) is 37.1 Å². The fourth-order valence-electron chi connectivity index (χ4n) is 5.74. The van der Waals surface area contributed by atoms with Crippen molar-refractivity contribution in [1.29, 1.82) is 0 Å². The summed E-state index contributed by atoms with van der Waals surface area (Å²) in [5, 5.41) is 20.5. The number of hydrogen-bond acceptors (Lipinski definition) is 19. The van der Waals surface area contributed by atoms with E-state index in [1.54, 1.807) is 12.1 Å². The van der Waals surface area contributed by atoms with Crippen molar-refractivity contribution in [2.75, 3.05) is 123 Å². The molecule has 71 heavy (non-hydrogen) atoms. The molecule has 0 aliphatic rings. The molecule has 0 fully saturated rings. The zero-order valence-electron chi connectivity index (χ0n) is 40.0. The Morgan fingerprint density at radius 2 is 1.39 bits per heavy atom. The number of nitrogen functional groups attached to an aromatic ring is 1. The number of carbonyl (C=O) groups excluding carboxylic acids is 3. The number of nitrogens with zero attached hydrogens (tertiary/aromatic N) is 3. The Balaban J connectivity index is 1.12. The van der Waals surface area contributed by atoms with Gasteiger partial charge in [0.2, 0.25) is 17.8 Å². The molecule has 1 aromatic carbocycles. The van der Waals surface area contributed by atoms with Gasteiger partial charge >= 0.3 is 5.97 Å². The molecule has 24 heteroatoms. The predicted molar refractivity (Wildman–Crippen MR) is 257 cm³/mol. The fraction of sp³-hybridized carbons (Fsp3) is 0.532. The van der Waals surface area contributed by atoms with E-state index in [4.69, 9.17) is 61.2 Å². The van der Waals surface area contributed by atoms with E-state index < -0.39 is 41.2 Å². The van der Waals surface area contributed by atoms with Gasteiger partial charge in [0.25, 0.3) is 17.4 Å². The van der Waals surface area contributed by atoms with Crippen molar-refractivity contribution in [2.45, 2.75) is 51.1 Å². The lowest BCUT2D eigenvalue weighted by Crippen LogP contribution is -2.56. The summed E-state index contributed by atoms with van der Waals surface area (Å²) in [6.45, 7) is 9.71. The third-order valence-corrected chi connectivity index (χ3v) is 9.48. The van der Waals surface area contributed by atoms with Crippen LogP contribution in [0.2, 0.25) is 0 Å². The fourth-order valence-corrected chi connectivity index (χ4v) is 5.74. The van der Waals surface area contributed by atoms with Crippen molar-refractivity contribution >= 4 is 46.5 Å². The molecule has 0 aliphatic heterocycles. The molecule has 0 bridgehead atoms. The number of nitrogens with two attached hydrogens (primary N) is 1. The second-order valence-electron chi connectivity index (χ2n) is 15.0. The number of anilines is 2. The summed E-state index contributed by atoms with van der Waals surface area (Å²) in [5.74, 6) is 0.242. The molecule has 388 valence electrons. The predicted octanol–water partition coefficient (Wildman–Crippen LogP) is 0.529. The standard InChI is InChI=1S/C47H65N9O15/c1-5-16-70-47(71-17-6-2,33-69-32-34(4)7-3)56-40(58)14-18-63-20-22-65-24-26-67-28-29-68-27-25-66-23-21-64-19-15-49-39(57)13-12-38(45(61)62)53-43(59)35-8-10-36(11-9-35)50-30-37-31-51-42-41(52-37)44(60)55-46(48)54-42/h1-2,8-11,31,38,50H,4,7,12-30,32-33H2,3H3,(H,49,57)(H,53,59)(H,56,58)(H,61,62)(H3,48,51,54,55,60)/t38-/m0/s1. The van der Waals surface area contributed by atoms with Crippen LogP contribution in [-0.2, 0) is 63.6 Å². The van der Waals surface area contributed by atoms with E-state index in [1.807, 2.05) is 6.92 Å². The molecule has 3 aromatic rings. The average Bonchev–Trinajstić information content (AvgIpc) is 3.36. The first kappa shape index (κ1) is 58.7. The van der Waals surface area contributed by atoms with E-state index in [2.05, 4.69) is 59.6 Å². The number of amides is 3. The molecule has 0 unspecified atom stereocenters. The average molecular weight is 996 g/mol. The first-order chi connectivity index (χ1) is 34.4. The van der Waals surface area contributed by atoms with Crippen molar-refractivity contribution in [3.05, 3.63) is 64.2 Å². The molecular formula is C47H65N9O15. The van der Waals surface area contributed by atoms with E-state index in [0.29, 0.717) is 70.8 Å². The number of H-pyrrole nitrogens is 1. The Labute approximate surface area is 411 Å². The van der Waals surface area contributed by atoms with Gasteiger partial charge in [0.15, 0.2) is 11.2 Å². The van der Waals surface area contributed by atoms with Gasteiger partial charge in [-0.2, -0.15) is 4.98 Å². The molecule has 24 nitrogen and oxygen atoms in total. The number of terminal acetylenes is 2. The van der Waals surface area contributed by atoms with E-state index in [-0.39, 0.29) is 101 Å². The number of benzene rings is 1. The summed E-state index contributed by atoms with van der Waals surface area (Å²) in [4.78, 5) is 76.4. The SMILES string of the molecule is C#CCOC(COCC(=C)CC)(NC(=O)CCOCCOCCOCCOCCOCCOCCNC(=O)CC[C@H](NC(=O)c1ccc(NCc2cnc3nc(N)[nH]c(=O)c3n2)cc1)C(=O)O)OCC#C. The first-order valence-corrected chi connectivity index (χ1v) is 22.7. The molecule has 3 amide bonds. The number of aliphatic carboxylic acids is 1. The molecule has 0 saturated carbocycles. The molecular weight excluding hydrogens is 931 g/mol. The maximum Gasteiger partial charge on any atom is 0.326 e. The number of nitrogens with one attached hydrogen (secondary N) is 5. The van der Waals surface area contributed by atoms with Gasteiger partial charge in [-0.15, -0.1) is 12.8 Å². The van der Waals surface area contributed by atoms with Crippen LogP contribution in [0, 0.1) is 24.7 Å². The van der Waals surface area contributed by atoms with Gasteiger partial charge in [0.05, 0.1) is 111 Å². The number of carbonyl (C=O) groups is 4. The number of aromatic nitrogens is 4. The monoisotopic (exact) mass is 995 g/mol. The normalized spacial score (nSPS) is 11.6. The highest BCUT2D eigenvalue weighted by molar-refractivity contribution is 5.97. The minimum Gasteiger partial charge on any atom is -0.480 e. The summed E-state index contributed by atoms with van der Waals surface area (Å²) in [6.07, 6.45) is 12.6. The van der Waals surface area contributed by atoms with Gasteiger partial charge in [-0.3, -0.25) is 24.2 Å². The lowest BCUT2D eigenvalue weighted by atomic mass is 10.1. The second-order valence-corrected chi connectivity index (χ2v) is 15.0. The molecule has 2 heterocycles. The molecule has 8 N–H and O–H groups in total. The van der Waals surface area contributed by atoms with Crippen molar-refractivity contribution in [2.24, 2.45) is 0 Å². The minimum absolute atomic E-state index is 0.0101. The summed E-state index contributed by atoms with van der Waals surface area (Å²) in [5.41, 5.74) is 7.35. The first-order valence-electron chi connectivity index (χ1n) is 22.7. The second kappa shape index (κ2) is 34.7. The molecule has 2 aromatic heterocycles. The van der Waals surface area contributed by atoms with E-state index in [9.17, 15) is 29.1 Å². The number of aromatic amines is 1. The Morgan fingerprint density at radius 1 is 0.817 bits per heavy atom. The number of rotatable bonds is 40. The summed E-state index contributed by atoms with van der Waals surface area (Å²) >= 11 is 0. The number of hydrogen-bond donors (Lipinski definition) is 7. The van der Waals surface area contributed by atoms with Crippen LogP contribution in [0.3, 0.4) is 0 Å². The van der Waals surface area contributed by atoms with Crippen LogP contribution in [0.4, 0.5) is 11.6 Å². The number of fused-ring (bicyclic) bond motifs is 1. The molecule has 0 aliphatic carbocycles. The lowest BCUT2D eigenvalue weighted by molar-refractivity contribution is -0.264. The van der Waals surface area contributed by atoms with Crippen molar-refractivity contribution < 1.29 is 66.9 Å². The van der Waals surface area contributed by atoms with Crippen LogP contribution < -0.4 is 32.6 Å². The van der Waals surface area contributed by atoms with E-state index >= 15 is 0 Å². The zero-order chi connectivity index (χ0) is 51.5. The summed E-state index contributed by atoms with van der Waals surface area (Å²) < 4.78 is 49.7. The van der Waals surface area contributed by atoms with Gasteiger partial charge in [0.1, 0.15) is 25.9 Å². The Kier molecular flexibility index (Phi) is 28.7. The van der Waals surface area contributed by atoms with Gasteiger partial charge in [0, 0.05) is 24.2 Å². The van der Waals surface area contributed by atoms with Crippen LogP contribution in [0.1, 0.15) is 48.7 Å². The third kappa shape index (κ3) is 24.7. The maximum atomic E-state index is 12.8. The lowest BCUT2D eigenvalue weighted by Gasteiger charge is -2.32. The van der Waals surface area contributed by atoms with Crippen LogP contribution in [0.15, 0.2) is 47.4 Å². The van der Waals surface area contributed by atoms with Crippen LogP contribution >= 0.6 is 0 Å². The number of carboxylic acid groups (broad SMARTS) is 1. The van der Waals surface area contributed by atoms with Gasteiger partial charge in [-0.25, -0.2) is 14.8 Å². The van der Waals surface area contributed by atoms with Gasteiger partial charge < -0.3 is 74.7 Å². The van der Waals surface area contributed by atoms with Crippen molar-refractivity contribution in [3.8, 4) is 24.7 Å². The van der Waals surface area contributed by atoms with Crippen LogP contribution in [0.5, 0.6) is 0 Å². The van der Waals surface area contributed by atoms with Crippen molar-refractivity contribution in [3.63, 3.8) is 0 Å². The molecule has 3 rings (SSSR count). The molecule has 0 spiro atoms. The zero-order valence-corrected chi connectivity index (χ0v) is 40.0. The number of carboxylic acids is 1. The topological polar surface area (TPSA) is 317 Å². The van der Waals surface area contributed by atoms with E-state index in [0.717, 1.165) is 12.0 Å². The highest BCUT2D eigenvalue weighted by Gasteiger charge is 2.35. The summed E-state index contributed by atoms with van der Waals surface area (Å²) in [7, 11) is 0. The summed E-state index contributed by atoms with van der Waals surface area (Å²) in [6, 6.07) is 4.98. The Bertz CT molecular complexity index is 2230. The highest BCUT2D eigenvalue weighted by atomic mass is 16.7. The maximum absolute atomic E-state index is 12.8. The van der Waals surface area contributed by atoms with E-state index in [1.165, 1.54) is 18.3 Å². The van der Waals surface area contributed by atoms with Crippen LogP contribution in [0.25, 0.3) is 11.2 Å². The molecule has 0 saturated heterocycles. The Morgan fingerprint density at radius 3 is 1.96 bits per heavy atom. The van der Waals surface area contributed by atoms with Crippen LogP contribution in [-0.4, -0.2) is 173 Å². The quantitative estimate of drug-likeness (QED) is 0.0177. The third-order valence-electron chi connectivity index (χ3n) is 9.48. The number of ether oxygens (including phenoxy) is 9. The highest BCUT2D eigenvalue weighted by Crippen LogP contribution is 2.14. The van der Waals surface area contributed by atoms with Gasteiger partial charge in [-0.1, -0.05) is 30.9 Å².